The van der Waals surface area contributed by atoms with Crippen molar-refractivity contribution >= 4 is 5.97 Å². The second-order valence-corrected chi connectivity index (χ2v) is 7.21. The number of rotatable bonds is 5. The van der Waals surface area contributed by atoms with Gasteiger partial charge in [0.15, 0.2) is 18.6 Å². The van der Waals surface area contributed by atoms with Gasteiger partial charge in [-0.1, -0.05) is 6.92 Å². The van der Waals surface area contributed by atoms with Crippen LogP contribution in [0.1, 0.15) is 40.0 Å². The summed E-state index contributed by atoms with van der Waals surface area (Å²) in [5.41, 5.74) is -0.118. The summed E-state index contributed by atoms with van der Waals surface area (Å²) in [6.07, 6.45) is 2.86. The molecule has 4 atom stereocenters. The number of carbonyl (C=O) groups excluding carboxylic acids is 1. The number of nitriles is 1. The lowest BCUT2D eigenvalue weighted by Gasteiger charge is -2.51. The Kier molecular flexibility index (Phi) is 6.01. The molecule has 0 aliphatic carbocycles. The quantitative estimate of drug-likeness (QED) is 0.481. The van der Waals surface area contributed by atoms with Gasteiger partial charge in [0.2, 0.25) is 0 Å². The van der Waals surface area contributed by atoms with Gasteiger partial charge >= 0.3 is 5.97 Å². The highest BCUT2D eigenvalue weighted by Crippen LogP contribution is 2.32. The summed E-state index contributed by atoms with van der Waals surface area (Å²) in [4.78, 5) is 14.7. The summed E-state index contributed by atoms with van der Waals surface area (Å²) in [6.45, 7) is 11.1. The Morgan fingerprint density at radius 2 is 2.17 bits per heavy atom. The van der Waals surface area contributed by atoms with Gasteiger partial charge < -0.3 is 19.3 Å². The molecule has 2 heterocycles. The van der Waals surface area contributed by atoms with Crippen LogP contribution in [-0.4, -0.2) is 63.0 Å². The molecule has 6 heteroatoms. The molecular weight excluding hydrogens is 294 g/mol. The average molecular weight is 325 g/mol. The summed E-state index contributed by atoms with van der Waals surface area (Å²) in [6, 6.07) is 2.30. The molecule has 2 rings (SSSR count). The molecule has 6 nitrogen and oxygen atoms in total. The minimum atomic E-state index is -0.132. The van der Waals surface area contributed by atoms with E-state index in [9.17, 15) is 4.79 Å². The van der Waals surface area contributed by atoms with E-state index in [4.69, 9.17) is 14.7 Å². The monoisotopic (exact) mass is 325 g/mol. The summed E-state index contributed by atoms with van der Waals surface area (Å²) in [5.74, 6) is -0.115. The first-order valence-electron chi connectivity index (χ1n) is 8.82. The summed E-state index contributed by atoms with van der Waals surface area (Å²) in [7, 11) is 0. The maximum Gasteiger partial charge on any atom is 0.361 e. The van der Waals surface area contributed by atoms with Gasteiger partial charge in [-0.25, -0.2) is 4.79 Å². The van der Waals surface area contributed by atoms with Crippen molar-refractivity contribution in [2.75, 3.05) is 45.9 Å². The number of nitrogens with zero attached hydrogens (tertiary/aromatic N) is 1. The molecule has 0 bridgehead atoms. The largest absolute Gasteiger partial charge is 0.462 e. The van der Waals surface area contributed by atoms with Crippen LogP contribution >= 0.6 is 0 Å². The lowest BCUT2D eigenvalue weighted by atomic mass is 9.76. The lowest BCUT2D eigenvalue weighted by Crippen LogP contribution is -3.34. The number of hydrogen-bond donors (Lipinski definition) is 2. The van der Waals surface area contributed by atoms with Gasteiger partial charge in [0.1, 0.15) is 25.7 Å². The fraction of sp³-hybridized carbons (Fsp3) is 0.882. The predicted octanol–water partition coefficient (Wildman–Crippen LogP) is -1.43. The number of esters is 1. The zero-order valence-corrected chi connectivity index (χ0v) is 14.7. The fourth-order valence-electron chi connectivity index (χ4n) is 4.24. The number of piperazine rings is 1. The summed E-state index contributed by atoms with van der Waals surface area (Å²) < 4.78 is 11.2. The Morgan fingerprint density at radius 3 is 2.83 bits per heavy atom. The number of ether oxygens (including phenoxy) is 2. The van der Waals surface area contributed by atoms with Crippen LogP contribution in [0.2, 0.25) is 0 Å². The van der Waals surface area contributed by atoms with E-state index < -0.39 is 0 Å². The van der Waals surface area contributed by atoms with E-state index in [2.05, 4.69) is 19.9 Å². The maximum absolute atomic E-state index is 12.0. The van der Waals surface area contributed by atoms with E-state index in [0.29, 0.717) is 19.7 Å². The van der Waals surface area contributed by atoms with Gasteiger partial charge in [-0.15, -0.1) is 0 Å². The molecule has 130 valence electrons. The molecule has 2 aliphatic heterocycles. The fourth-order valence-corrected chi connectivity index (χ4v) is 4.24. The molecule has 23 heavy (non-hydrogen) atoms. The van der Waals surface area contributed by atoms with Crippen molar-refractivity contribution < 1.29 is 24.1 Å². The molecule has 1 spiro atoms. The Labute approximate surface area is 139 Å². The van der Waals surface area contributed by atoms with Crippen molar-refractivity contribution in [2.45, 2.75) is 51.2 Å². The third-order valence-electron chi connectivity index (χ3n) is 5.60. The van der Waals surface area contributed by atoms with Crippen molar-refractivity contribution in [1.29, 1.82) is 5.26 Å². The molecule has 0 aromatic heterocycles. The average Bonchev–Trinajstić information content (AvgIpc) is 2.51. The first-order valence-corrected chi connectivity index (χ1v) is 8.82. The van der Waals surface area contributed by atoms with Crippen molar-refractivity contribution in [3.8, 4) is 6.07 Å². The van der Waals surface area contributed by atoms with E-state index in [-0.39, 0.29) is 17.1 Å². The van der Waals surface area contributed by atoms with E-state index in [1.807, 2.05) is 6.92 Å². The first-order chi connectivity index (χ1) is 11.0. The van der Waals surface area contributed by atoms with Gasteiger partial charge in [0.25, 0.3) is 0 Å². The standard InChI is InChI=1S/C17H29N3O3/c1-4-16(3)13-17(6-11-23-16)14-19(8-7-18)9-10-20(17)12-15(21)22-5-2/h4-6,8-14H2,1-3H3/p+2/t16-,17+/m1/s1. The van der Waals surface area contributed by atoms with Crippen molar-refractivity contribution in [1.82, 2.24) is 0 Å². The van der Waals surface area contributed by atoms with Gasteiger partial charge in [0, 0.05) is 12.8 Å². The van der Waals surface area contributed by atoms with Crippen molar-refractivity contribution in [2.24, 2.45) is 0 Å². The molecule has 0 aromatic rings. The van der Waals surface area contributed by atoms with Crippen LogP contribution in [0.25, 0.3) is 0 Å². The highest BCUT2D eigenvalue weighted by Gasteiger charge is 2.54. The SMILES string of the molecule is CCOC(=O)C[NH+]1CC[NH+](CC#N)C[C@@]12CCO[C@](C)(CC)C2. The van der Waals surface area contributed by atoms with Crippen molar-refractivity contribution in [3.05, 3.63) is 0 Å². The van der Waals surface area contributed by atoms with E-state index in [0.717, 1.165) is 45.5 Å². The van der Waals surface area contributed by atoms with E-state index >= 15 is 0 Å². The summed E-state index contributed by atoms with van der Waals surface area (Å²) in [5, 5.41) is 9.06. The van der Waals surface area contributed by atoms with Crippen LogP contribution < -0.4 is 9.80 Å². The van der Waals surface area contributed by atoms with E-state index in [1.165, 1.54) is 9.80 Å². The minimum absolute atomic E-state index is 0.0141. The number of carbonyl (C=O) groups is 1. The molecule has 2 unspecified atom stereocenters. The highest BCUT2D eigenvalue weighted by molar-refractivity contribution is 5.70. The molecule has 2 saturated heterocycles. The Hall–Kier alpha value is -1.16. The molecular formula is C17H31N3O3+2. The zero-order chi connectivity index (χ0) is 16.9. The second-order valence-electron chi connectivity index (χ2n) is 7.21. The normalized spacial score (nSPS) is 37.3. The molecule has 0 radical (unpaired) electrons. The predicted molar refractivity (Wildman–Crippen MR) is 85.1 cm³/mol. The van der Waals surface area contributed by atoms with Crippen LogP contribution in [0, 0.1) is 11.3 Å². The Bertz CT molecular complexity index is 464. The zero-order valence-electron chi connectivity index (χ0n) is 14.7. The molecule has 2 aliphatic rings. The maximum atomic E-state index is 12.0. The second kappa shape index (κ2) is 7.61. The molecule has 0 saturated carbocycles. The van der Waals surface area contributed by atoms with Crippen LogP contribution in [0.4, 0.5) is 0 Å². The van der Waals surface area contributed by atoms with Gasteiger partial charge in [-0.2, -0.15) is 5.26 Å². The van der Waals surface area contributed by atoms with Gasteiger partial charge in [-0.05, 0) is 20.3 Å². The molecule has 0 aromatic carbocycles. The number of nitrogens with one attached hydrogen (secondary N) is 2. The highest BCUT2D eigenvalue weighted by atomic mass is 16.5. The Balaban J connectivity index is 2.19. The number of hydrogen-bond acceptors (Lipinski definition) is 4. The first kappa shape index (κ1) is 18.2. The third kappa shape index (κ3) is 4.23. The minimum Gasteiger partial charge on any atom is -0.462 e. The molecule has 0 amide bonds. The topological polar surface area (TPSA) is 68.2 Å². The molecule has 2 N–H and O–H groups in total. The summed E-state index contributed by atoms with van der Waals surface area (Å²) >= 11 is 0. The Morgan fingerprint density at radius 1 is 1.39 bits per heavy atom. The van der Waals surface area contributed by atoms with Crippen LogP contribution in [0.3, 0.4) is 0 Å². The van der Waals surface area contributed by atoms with Crippen molar-refractivity contribution in [3.63, 3.8) is 0 Å². The number of quaternary nitrogens is 2. The lowest BCUT2D eigenvalue weighted by molar-refractivity contribution is -1.05. The van der Waals surface area contributed by atoms with Crippen LogP contribution in [-0.2, 0) is 14.3 Å². The van der Waals surface area contributed by atoms with Crippen LogP contribution in [0.5, 0.6) is 0 Å². The van der Waals surface area contributed by atoms with Gasteiger partial charge in [0.05, 0.1) is 18.8 Å². The van der Waals surface area contributed by atoms with E-state index in [1.54, 1.807) is 0 Å². The van der Waals surface area contributed by atoms with Crippen LogP contribution in [0.15, 0.2) is 0 Å². The smallest absolute Gasteiger partial charge is 0.361 e. The van der Waals surface area contributed by atoms with Gasteiger partial charge in [-0.3, -0.25) is 0 Å². The third-order valence-corrected chi connectivity index (χ3v) is 5.60. The molecule has 2 fully saturated rings.